The van der Waals surface area contributed by atoms with Crippen molar-refractivity contribution in [2.24, 2.45) is 0 Å². The third-order valence-corrected chi connectivity index (χ3v) is 25.1. The molecule has 24 rings (SSSR count). The molecule has 0 spiro atoms. The highest BCUT2D eigenvalue weighted by atomic mass is 15.2. The van der Waals surface area contributed by atoms with Gasteiger partial charge >= 0.3 is 0 Å². The van der Waals surface area contributed by atoms with Crippen LogP contribution in [0, 0.1) is 0 Å². The van der Waals surface area contributed by atoms with Crippen LogP contribution in [0.5, 0.6) is 0 Å². The van der Waals surface area contributed by atoms with Crippen molar-refractivity contribution in [1.82, 2.24) is 18.3 Å². The first-order chi connectivity index (χ1) is 60.5. The van der Waals surface area contributed by atoms with Crippen LogP contribution in [0.2, 0.25) is 0 Å². The largest absolute Gasteiger partial charge is 0.310 e. The van der Waals surface area contributed by atoms with Crippen molar-refractivity contribution in [2.45, 2.75) is 0 Å². The Morgan fingerprint density at radius 2 is 0.459 bits per heavy atom. The van der Waals surface area contributed by atoms with Crippen LogP contribution in [0.1, 0.15) is 0 Å². The van der Waals surface area contributed by atoms with Crippen molar-refractivity contribution < 1.29 is 0 Å². The molecule has 0 amide bonds. The van der Waals surface area contributed by atoms with Crippen LogP contribution >= 0.6 is 0 Å². The van der Waals surface area contributed by atoms with Crippen LogP contribution in [-0.4, -0.2) is 18.3 Å². The summed E-state index contributed by atoms with van der Waals surface area (Å²) in [6.07, 6.45) is 0. The maximum absolute atomic E-state index is 2.43. The van der Waals surface area contributed by atoms with Crippen molar-refractivity contribution in [3.05, 3.63) is 461 Å². The summed E-state index contributed by atoms with van der Waals surface area (Å²) in [5, 5.41) is 14.7. The first kappa shape index (κ1) is 70.0. The number of benzene rings is 20. The van der Waals surface area contributed by atoms with E-state index in [1.54, 1.807) is 0 Å². The summed E-state index contributed by atoms with van der Waals surface area (Å²) in [5.41, 5.74) is 31.8. The minimum Gasteiger partial charge on any atom is -0.310 e. The van der Waals surface area contributed by atoms with Gasteiger partial charge in [-0.25, -0.2) is 0 Å². The van der Waals surface area contributed by atoms with Gasteiger partial charge < -0.3 is 28.1 Å². The average molecular weight is 1550 g/mol. The van der Waals surface area contributed by atoms with E-state index in [-0.39, 0.29) is 0 Å². The second kappa shape index (κ2) is 28.8. The van der Waals surface area contributed by atoms with E-state index in [1.807, 2.05) is 0 Å². The predicted octanol–water partition coefficient (Wildman–Crippen LogP) is 31.7. The molecule has 0 aliphatic heterocycles. The molecule has 24 aromatic rings. The SMILES string of the molecule is c1cc(-c2cccc3cc(-c4ccc5c(c4)c4ccccc4n5-c4ccc(N(c5ccc(-c6cccc(-n7c8ccccc8c8ccccc87)c6)cc5)c5ccccc5-c5cccc6ccccc56)cc4)ccc23)cc(N(c2ccc(-c3cccc(-n4c5ccccc5c5ccccc54)c3)cc2)c2ccc(-n3c4ccccc4c4ccccc43)cc2)c1. The summed E-state index contributed by atoms with van der Waals surface area (Å²) in [6.45, 7) is 0. The Kier molecular flexibility index (Phi) is 16.5. The van der Waals surface area contributed by atoms with E-state index >= 15 is 0 Å². The molecule has 6 nitrogen and oxygen atoms in total. The lowest BCUT2D eigenvalue weighted by Gasteiger charge is -2.28. The Morgan fingerprint density at radius 1 is 0.139 bits per heavy atom. The molecule has 0 fully saturated rings. The Balaban J connectivity index is 0.562. The normalized spacial score (nSPS) is 11.8. The molecule has 570 valence electrons. The summed E-state index contributed by atoms with van der Waals surface area (Å²) in [4.78, 5) is 4.83. The molecule has 122 heavy (non-hydrogen) atoms. The standard InChI is InChI=1S/C116H76N6/c1-2-33-95-79(24-1)25-22-43-98(95)99-34-3-11-44-108(99)118(88-60-54-78(55-61-88)81-27-20-32-94(74-81)122-113-49-16-8-39-104(113)105-40-9-17-50-114(105)122)89-64-68-91(69-65-89)120-115-51-18-10-41-106(115)107-76-83(57-71-116(107)120)82-56-70-97-84(72-82)29-23-42-96(97)85-28-21-30-92(75-85)117(87-62-66-90(67-63-87)119-109-45-12-4-35-100(109)101-36-5-13-46-110(101)119)86-58-52-77(53-59-86)80-26-19-31-93(73-80)121-111-47-14-6-37-102(111)103-38-7-15-48-112(103)121/h1-76H. The predicted molar refractivity (Wildman–Crippen MR) is 515 cm³/mol. The maximum atomic E-state index is 2.43. The van der Waals surface area contributed by atoms with Crippen LogP contribution in [0.25, 0.3) is 187 Å². The summed E-state index contributed by atoms with van der Waals surface area (Å²) in [6, 6.07) is 170. The van der Waals surface area contributed by atoms with Crippen molar-refractivity contribution in [2.75, 3.05) is 9.80 Å². The first-order valence-electron chi connectivity index (χ1n) is 41.9. The zero-order chi connectivity index (χ0) is 80.3. The average Bonchev–Trinajstić information content (AvgIpc) is 1.60. The molecule has 0 radical (unpaired) electrons. The van der Waals surface area contributed by atoms with Gasteiger partial charge in [-0.1, -0.05) is 285 Å². The number of hydrogen-bond donors (Lipinski definition) is 0. The molecule has 0 aliphatic carbocycles. The summed E-state index contributed by atoms with van der Waals surface area (Å²) >= 11 is 0. The molecule has 6 heteroatoms. The van der Waals surface area contributed by atoms with E-state index in [4.69, 9.17) is 0 Å². The van der Waals surface area contributed by atoms with Gasteiger partial charge in [-0.15, -0.1) is 0 Å². The van der Waals surface area contributed by atoms with E-state index < -0.39 is 0 Å². The molecule has 0 N–H and O–H groups in total. The Labute approximate surface area is 705 Å². The smallest absolute Gasteiger partial charge is 0.0541 e. The monoisotopic (exact) mass is 1550 g/mol. The Hall–Kier alpha value is -16.3. The fraction of sp³-hybridized carbons (Fsp3) is 0. The second-order valence-electron chi connectivity index (χ2n) is 31.9. The molecule has 0 saturated heterocycles. The quantitative estimate of drug-likeness (QED) is 0.102. The van der Waals surface area contributed by atoms with Gasteiger partial charge in [0.05, 0.1) is 49.8 Å². The lowest BCUT2D eigenvalue weighted by molar-refractivity contribution is 1.17. The molecule has 4 heterocycles. The molecule has 20 aromatic carbocycles. The highest BCUT2D eigenvalue weighted by Crippen LogP contribution is 2.48. The van der Waals surface area contributed by atoms with Crippen molar-refractivity contribution in [1.29, 1.82) is 0 Å². The van der Waals surface area contributed by atoms with Crippen molar-refractivity contribution in [3.63, 3.8) is 0 Å². The second-order valence-corrected chi connectivity index (χ2v) is 31.9. The topological polar surface area (TPSA) is 26.2 Å². The lowest BCUT2D eigenvalue weighted by Crippen LogP contribution is -2.11. The van der Waals surface area contributed by atoms with Gasteiger partial charge in [0.2, 0.25) is 0 Å². The zero-order valence-corrected chi connectivity index (χ0v) is 66.6. The van der Waals surface area contributed by atoms with Gasteiger partial charge in [-0.05, 0) is 248 Å². The number of fused-ring (bicyclic) bond motifs is 14. The number of para-hydroxylation sites is 8. The van der Waals surface area contributed by atoms with Crippen molar-refractivity contribution in [3.8, 4) is 78.4 Å². The van der Waals surface area contributed by atoms with E-state index in [0.29, 0.717) is 0 Å². The third kappa shape index (κ3) is 11.6. The van der Waals surface area contributed by atoms with Gasteiger partial charge in [0, 0.05) is 99.8 Å². The van der Waals surface area contributed by atoms with E-state index in [0.717, 1.165) is 112 Å². The van der Waals surface area contributed by atoms with Gasteiger partial charge in [-0.2, -0.15) is 0 Å². The van der Waals surface area contributed by atoms with Crippen LogP contribution in [0.3, 0.4) is 0 Å². The van der Waals surface area contributed by atoms with Gasteiger partial charge in [0.15, 0.2) is 0 Å². The van der Waals surface area contributed by atoms with E-state index in [2.05, 4.69) is 489 Å². The molecule has 4 aromatic heterocycles. The van der Waals surface area contributed by atoms with Crippen LogP contribution in [0.4, 0.5) is 34.1 Å². The lowest BCUT2D eigenvalue weighted by atomic mass is 9.94. The van der Waals surface area contributed by atoms with E-state index in [1.165, 1.54) is 109 Å². The minimum absolute atomic E-state index is 1.05. The van der Waals surface area contributed by atoms with Crippen LogP contribution in [-0.2, 0) is 0 Å². The highest BCUT2D eigenvalue weighted by molar-refractivity contribution is 6.14. The molecule has 0 atom stereocenters. The fourth-order valence-electron chi connectivity index (χ4n) is 19.5. The van der Waals surface area contributed by atoms with Crippen molar-refractivity contribution >= 4 is 143 Å². The minimum atomic E-state index is 1.05. The number of rotatable bonds is 15. The summed E-state index contributed by atoms with van der Waals surface area (Å²) in [5.74, 6) is 0. The molecular weight excluding hydrogens is 1480 g/mol. The van der Waals surface area contributed by atoms with Gasteiger partial charge in [0.25, 0.3) is 0 Å². The fourth-order valence-corrected chi connectivity index (χ4v) is 19.5. The highest BCUT2D eigenvalue weighted by Gasteiger charge is 2.24. The van der Waals surface area contributed by atoms with Crippen LogP contribution < -0.4 is 9.80 Å². The van der Waals surface area contributed by atoms with Crippen LogP contribution in [0.15, 0.2) is 461 Å². The zero-order valence-electron chi connectivity index (χ0n) is 66.6. The molecular formula is C116H76N6. The first-order valence-corrected chi connectivity index (χ1v) is 41.9. The van der Waals surface area contributed by atoms with Gasteiger partial charge in [0.1, 0.15) is 0 Å². The van der Waals surface area contributed by atoms with Gasteiger partial charge in [-0.3, -0.25) is 0 Å². The summed E-state index contributed by atoms with van der Waals surface area (Å²) in [7, 11) is 0. The Bertz CT molecular complexity index is 8100. The molecule has 0 unspecified atom stereocenters. The molecule has 0 bridgehead atoms. The number of nitrogens with zero attached hydrogens (tertiary/aromatic N) is 6. The molecule has 0 saturated carbocycles. The Morgan fingerprint density at radius 3 is 0.959 bits per heavy atom. The summed E-state index contributed by atoms with van der Waals surface area (Å²) < 4.78 is 9.62. The number of anilines is 6. The maximum Gasteiger partial charge on any atom is 0.0541 e. The van der Waals surface area contributed by atoms with E-state index in [9.17, 15) is 0 Å². The third-order valence-electron chi connectivity index (χ3n) is 25.1. The number of hydrogen-bond acceptors (Lipinski definition) is 2. The molecule has 0 aliphatic rings. The number of aromatic nitrogens is 4.